The molecule has 1 saturated heterocycles. The summed E-state index contributed by atoms with van der Waals surface area (Å²) in [5, 5.41) is 3.16. The number of halogens is 3. The first kappa shape index (κ1) is 23.2. The van der Waals surface area contributed by atoms with E-state index in [0.29, 0.717) is 34.9 Å². The van der Waals surface area contributed by atoms with Crippen LogP contribution >= 0.6 is 0 Å². The van der Waals surface area contributed by atoms with E-state index in [1.54, 1.807) is 12.4 Å². The number of aromatic nitrogens is 4. The fourth-order valence-electron chi connectivity index (χ4n) is 4.34. The highest BCUT2D eigenvalue weighted by Crippen LogP contribution is 2.31. The lowest BCUT2D eigenvalue weighted by molar-refractivity contribution is -0.137. The Morgan fingerprint density at radius 3 is 2.46 bits per heavy atom. The largest absolute Gasteiger partial charge is 0.416 e. The predicted molar refractivity (Wildman–Crippen MR) is 129 cm³/mol. The molecule has 3 aromatic heterocycles. The monoisotopic (exact) mass is 478 g/mol. The first-order valence-electron chi connectivity index (χ1n) is 11.6. The van der Waals surface area contributed by atoms with Gasteiger partial charge in [0.1, 0.15) is 11.3 Å². The lowest BCUT2D eigenvalue weighted by Crippen LogP contribution is -2.30. The smallest absolute Gasteiger partial charge is 0.338 e. The number of aryl methyl sites for hydroxylation is 1. The van der Waals surface area contributed by atoms with Crippen molar-refractivity contribution in [3.63, 3.8) is 0 Å². The van der Waals surface area contributed by atoms with Gasteiger partial charge in [-0.25, -0.2) is 15.0 Å². The standard InChI is InChI=1S/C26H25F3N6/c1-17-6-5-11-30-23(17)18-14-21-24(31-15-18)25(32-20-9-7-19(8-10-20)26(27,28)29)34-22(33-21)16-35-12-3-2-4-13-35/h5-11,14-15H,2-4,12-13,16H2,1H3,(H,32,33,34). The van der Waals surface area contributed by atoms with Crippen LogP contribution in [-0.4, -0.2) is 37.9 Å². The summed E-state index contributed by atoms with van der Waals surface area (Å²) >= 11 is 0. The van der Waals surface area contributed by atoms with Gasteiger partial charge in [-0.1, -0.05) is 12.5 Å². The molecule has 9 heteroatoms. The van der Waals surface area contributed by atoms with Crippen LogP contribution in [0.3, 0.4) is 0 Å². The Morgan fingerprint density at radius 1 is 0.971 bits per heavy atom. The van der Waals surface area contributed by atoms with Crippen molar-refractivity contribution in [3.05, 3.63) is 71.8 Å². The van der Waals surface area contributed by atoms with Crippen molar-refractivity contribution < 1.29 is 13.2 Å². The van der Waals surface area contributed by atoms with Crippen molar-refractivity contribution in [2.45, 2.75) is 38.9 Å². The van der Waals surface area contributed by atoms with Crippen LogP contribution in [0.25, 0.3) is 22.3 Å². The topological polar surface area (TPSA) is 66.8 Å². The fraction of sp³-hybridized carbons (Fsp3) is 0.308. The number of hydrogen-bond donors (Lipinski definition) is 1. The molecule has 0 radical (unpaired) electrons. The summed E-state index contributed by atoms with van der Waals surface area (Å²) < 4.78 is 38.9. The number of benzene rings is 1. The summed E-state index contributed by atoms with van der Waals surface area (Å²) in [6.07, 6.45) is 2.61. The van der Waals surface area contributed by atoms with Gasteiger partial charge in [-0.2, -0.15) is 13.2 Å². The number of nitrogens with zero attached hydrogens (tertiary/aromatic N) is 5. The Bertz CT molecular complexity index is 1330. The molecule has 0 spiro atoms. The third kappa shape index (κ3) is 5.24. The minimum atomic E-state index is -4.39. The lowest BCUT2D eigenvalue weighted by atomic mass is 10.1. The van der Waals surface area contributed by atoms with Crippen LogP contribution in [-0.2, 0) is 12.7 Å². The zero-order valence-electron chi connectivity index (χ0n) is 19.3. The summed E-state index contributed by atoms with van der Waals surface area (Å²) in [5.41, 5.74) is 3.70. The maximum Gasteiger partial charge on any atom is 0.416 e. The number of likely N-dealkylation sites (tertiary alicyclic amines) is 1. The molecular formula is C26H25F3N6. The molecule has 0 atom stereocenters. The first-order valence-corrected chi connectivity index (χ1v) is 11.6. The molecule has 1 N–H and O–H groups in total. The summed E-state index contributed by atoms with van der Waals surface area (Å²) in [5.74, 6) is 1.11. The molecule has 0 saturated carbocycles. The summed E-state index contributed by atoms with van der Waals surface area (Å²) in [6, 6.07) is 10.7. The van der Waals surface area contributed by atoms with Crippen LogP contribution in [0.1, 0.15) is 36.2 Å². The van der Waals surface area contributed by atoms with Crippen molar-refractivity contribution in [1.82, 2.24) is 24.8 Å². The third-order valence-corrected chi connectivity index (χ3v) is 6.15. The number of pyridine rings is 2. The fourth-order valence-corrected chi connectivity index (χ4v) is 4.34. The number of piperidine rings is 1. The molecule has 180 valence electrons. The molecule has 4 aromatic rings. The van der Waals surface area contributed by atoms with E-state index in [4.69, 9.17) is 9.97 Å². The Kier molecular flexibility index (Phi) is 6.34. The second kappa shape index (κ2) is 9.58. The second-order valence-corrected chi connectivity index (χ2v) is 8.79. The molecule has 4 heterocycles. The molecule has 5 rings (SSSR count). The van der Waals surface area contributed by atoms with Gasteiger partial charge in [0.05, 0.1) is 23.3 Å². The average molecular weight is 479 g/mol. The van der Waals surface area contributed by atoms with Crippen LogP contribution < -0.4 is 5.32 Å². The number of hydrogen-bond acceptors (Lipinski definition) is 6. The van der Waals surface area contributed by atoms with Gasteiger partial charge in [-0.3, -0.25) is 9.88 Å². The molecule has 6 nitrogen and oxygen atoms in total. The zero-order chi connectivity index (χ0) is 24.4. The molecular weight excluding hydrogens is 453 g/mol. The average Bonchev–Trinajstić information content (AvgIpc) is 2.84. The van der Waals surface area contributed by atoms with E-state index in [1.807, 2.05) is 25.1 Å². The van der Waals surface area contributed by atoms with E-state index in [0.717, 1.165) is 54.9 Å². The van der Waals surface area contributed by atoms with Crippen molar-refractivity contribution in [2.24, 2.45) is 0 Å². The summed E-state index contributed by atoms with van der Waals surface area (Å²) in [6.45, 7) is 4.58. The summed E-state index contributed by atoms with van der Waals surface area (Å²) in [4.78, 5) is 21.0. The SMILES string of the molecule is Cc1cccnc1-c1cnc2c(Nc3ccc(C(F)(F)F)cc3)nc(CN3CCCCC3)nc2c1. The third-order valence-electron chi connectivity index (χ3n) is 6.15. The Labute approximate surface area is 201 Å². The minimum absolute atomic E-state index is 0.464. The van der Waals surface area contributed by atoms with Gasteiger partial charge in [-0.15, -0.1) is 0 Å². The van der Waals surface area contributed by atoms with E-state index in [1.165, 1.54) is 18.6 Å². The van der Waals surface area contributed by atoms with Gasteiger partial charge in [0.15, 0.2) is 5.82 Å². The number of fused-ring (bicyclic) bond motifs is 1. The van der Waals surface area contributed by atoms with E-state index in [9.17, 15) is 13.2 Å². The van der Waals surface area contributed by atoms with Crippen LogP contribution in [0.2, 0.25) is 0 Å². The van der Waals surface area contributed by atoms with Gasteiger partial charge >= 0.3 is 6.18 Å². The van der Waals surface area contributed by atoms with Crippen LogP contribution in [0.4, 0.5) is 24.7 Å². The Morgan fingerprint density at radius 2 is 1.74 bits per heavy atom. The number of anilines is 2. The highest BCUT2D eigenvalue weighted by molar-refractivity contribution is 5.89. The van der Waals surface area contributed by atoms with Gasteiger partial charge < -0.3 is 5.32 Å². The molecule has 1 aromatic carbocycles. The first-order chi connectivity index (χ1) is 16.9. The normalized spacial score (nSPS) is 14.9. The highest BCUT2D eigenvalue weighted by Gasteiger charge is 2.30. The van der Waals surface area contributed by atoms with Crippen LogP contribution in [0.15, 0.2) is 54.9 Å². The molecule has 1 aliphatic rings. The molecule has 1 fully saturated rings. The van der Waals surface area contributed by atoms with Gasteiger partial charge in [0.2, 0.25) is 0 Å². The quantitative estimate of drug-likeness (QED) is 0.372. The molecule has 0 bridgehead atoms. The minimum Gasteiger partial charge on any atom is -0.338 e. The maximum absolute atomic E-state index is 13.0. The van der Waals surface area contributed by atoms with Crippen molar-refractivity contribution >= 4 is 22.5 Å². The van der Waals surface area contributed by atoms with E-state index >= 15 is 0 Å². The Hall–Kier alpha value is -3.59. The Balaban J connectivity index is 1.54. The summed E-state index contributed by atoms with van der Waals surface area (Å²) in [7, 11) is 0. The predicted octanol–water partition coefficient (Wildman–Crippen LogP) is 6.14. The van der Waals surface area contributed by atoms with E-state index < -0.39 is 11.7 Å². The molecule has 0 amide bonds. The molecule has 35 heavy (non-hydrogen) atoms. The number of rotatable bonds is 5. The van der Waals surface area contributed by atoms with Crippen molar-refractivity contribution in [2.75, 3.05) is 18.4 Å². The number of alkyl halides is 3. The van der Waals surface area contributed by atoms with Crippen molar-refractivity contribution in [3.8, 4) is 11.3 Å². The highest BCUT2D eigenvalue weighted by atomic mass is 19.4. The van der Waals surface area contributed by atoms with E-state index in [2.05, 4.69) is 20.2 Å². The maximum atomic E-state index is 13.0. The van der Waals surface area contributed by atoms with Crippen LogP contribution in [0, 0.1) is 6.92 Å². The second-order valence-electron chi connectivity index (χ2n) is 8.79. The zero-order valence-corrected chi connectivity index (χ0v) is 19.3. The molecule has 1 aliphatic heterocycles. The molecule has 0 unspecified atom stereocenters. The van der Waals surface area contributed by atoms with Crippen LogP contribution in [0.5, 0.6) is 0 Å². The van der Waals surface area contributed by atoms with E-state index in [-0.39, 0.29) is 0 Å². The van der Waals surface area contributed by atoms with Gasteiger partial charge in [0.25, 0.3) is 0 Å². The van der Waals surface area contributed by atoms with Gasteiger partial charge in [-0.05, 0) is 74.8 Å². The van der Waals surface area contributed by atoms with Crippen molar-refractivity contribution in [1.29, 1.82) is 0 Å². The number of nitrogens with one attached hydrogen (secondary N) is 1. The van der Waals surface area contributed by atoms with Gasteiger partial charge in [0, 0.05) is 23.6 Å². The lowest BCUT2D eigenvalue weighted by Gasteiger charge is -2.25. The molecule has 0 aliphatic carbocycles.